The zero-order valence-corrected chi connectivity index (χ0v) is 26.0. The third-order valence-electron chi connectivity index (χ3n) is 8.82. The number of anilines is 3. The van der Waals surface area contributed by atoms with Crippen molar-refractivity contribution in [2.75, 3.05) is 4.90 Å². The van der Waals surface area contributed by atoms with Crippen molar-refractivity contribution < 1.29 is 0 Å². The molecule has 0 amide bonds. The molecule has 0 aliphatic heterocycles. The van der Waals surface area contributed by atoms with Gasteiger partial charge in [-0.2, -0.15) is 0 Å². The summed E-state index contributed by atoms with van der Waals surface area (Å²) in [5.41, 5.74) is 12.9. The third-order valence-corrected chi connectivity index (χ3v) is 8.82. The molecule has 0 saturated carbocycles. The fourth-order valence-electron chi connectivity index (χ4n) is 6.48. The standard InChI is InChI=1S/C46H33N/c1-3-14-34(15-4-1)38-20-11-21-39(30-38)40-22-12-24-43(32-40)47(46-27-10-9-26-45(46)36-17-5-2-6-18-36)44-25-13-23-41(33-44)42-29-28-35-16-7-8-19-37(35)31-42/h1-33H. The minimum atomic E-state index is 1.10. The summed E-state index contributed by atoms with van der Waals surface area (Å²) in [6.45, 7) is 0. The van der Waals surface area contributed by atoms with Gasteiger partial charge in [0, 0.05) is 16.9 Å². The van der Waals surface area contributed by atoms with Gasteiger partial charge in [-0.15, -0.1) is 0 Å². The van der Waals surface area contributed by atoms with Crippen molar-refractivity contribution in [3.8, 4) is 44.5 Å². The molecule has 0 N–H and O–H groups in total. The average molecular weight is 600 g/mol. The summed E-state index contributed by atoms with van der Waals surface area (Å²) in [5, 5.41) is 2.49. The van der Waals surface area contributed by atoms with Crippen molar-refractivity contribution in [3.05, 3.63) is 200 Å². The predicted molar refractivity (Wildman–Crippen MR) is 200 cm³/mol. The zero-order valence-electron chi connectivity index (χ0n) is 26.0. The van der Waals surface area contributed by atoms with E-state index in [1.54, 1.807) is 0 Å². The molecule has 1 heteroatoms. The Balaban J connectivity index is 1.28. The first kappa shape index (κ1) is 28.3. The Labute approximate surface area is 276 Å². The molecule has 222 valence electrons. The first-order valence-electron chi connectivity index (χ1n) is 16.1. The number of para-hydroxylation sites is 1. The van der Waals surface area contributed by atoms with Crippen molar-refractivity contribution in [2.45, 2.75) is 0 Å². The molecule has 0 atom stereocenters. The molecule has 0 saturated heterocycles. The molecular weight excluding hydrogens is 567 g/mol. The summed E-state index contributed by atoms with van der Waals surface area (Å²) in [4.78, 5) is 2.40. The van der Waals surface area contributed by atoms with E-state index in [4.69, 9.17) is 0 Å². The highest BCUT2D eigenvalue weighted by Gasteiger charge is 2.18. The summed E-state index contributed by atoms with van der Waals surface area (Å²) in [6.07, 6.45) is 0. The van der Waals surface area contributed by atoms with E-state index in [-0.39, 0.29) is 0 Å². The third kappa shape index (κ3) is 5.83. The Hall–Kier alpha value is -6.18. The van der Waals surface area contributed by atoms with Gasteiger partial charge in [0.15, 0.2) is 0 Å². The molecule has 0 bridgehead atoms. The monoisotopic (exact) mass is 599 g/mol. The van der Waals surface area contributed by atoms with Gasteiger partial charge in [-0.25, -0.2) is 0 Å². The molecule has 0 radical (unpaired) electrons. The zero-order chi connectivity index (χ0) is 31.4. The van der Waals surface area contributed by atoms with Gasteiger partial charge in [0.05, 0.1) is 5.69 Å². The molecule has 0 heterocycles. The van der Waals surface area contributed by atoms with E-state index in [0.29, 0.717) is 0 Å². The minimum Gasteiger partial charge on any atom is -0.310 e. The lowest BCUT2D eigenvalue weighted by atomic mass is 9.97. The molecule has 0 fully saturated rings. The molecule has 0 aliphatic rings. The Kier molecular flexibility index (Phi) is 7.63. The number of fused-ring (bicyclic) bond motifs is 1. The highest BCUT2D eigenvalue weighted by molar-refractivity contribution is 5.91. The maximum atomic E-state index is 2.40. The summed E-state index contributed by atoms with van der Waals surface area (Å²) < 4.78 is 0. The Morgan fingerprint density at radius 3 is 1.40 bits per heavy atom. The van der Waals surface area contributed by atoms with E-state index in [1.165, 1.54) is 55.3 Å². The van der Waals surface area contributed by atoms with E-state index < -0.39 is 0 Å². The molecule has 8 rings (SSSR count). The van der Waals surface area contributed by atoms with Crippen LogP contribution in [0.4, 0.5) is 17.1 Å². The first-order valence-corrected chi connectivity index (χ1v) is 16.1. The van der Waals surface area contributed by atoms with Crippen molar-refractivity contribution in [1.29, 1.82) is 0 Å². The maximum absolute atomic E-state index is 2.40. The molecule has 8 aromatic carbocycles. The lowest BCUT2D eigenvalue weighted by Gasteiger charge is -2.29. The van der Waals surface area contributed by atoms with Crippen LogP contribution in [0.3, 0.4) is 0 Å². The van der Waals surface area contributed by atoms with Crippen LogP contribution in [-0.4, -0.2) is 0 Å². The molecule has 8 aromatic rings. The van der Waals surface area contributed by atoms with Gasteiger partial charge in [0.1, 0.15) is 0 Å². The highest BCUT2D eigenvalue weighted by atomic mass is 15.1. The van der Waals surface area contributed by atoms with E-state index in [0.717, 1.165) is 17.1 Å². The molecule has 47 heavy (non-hydrogen) atoms. The lowest BCUT2D eigenvalue weighted by molar-refractivity contribution is 1.28. The largest absolute Gasteiger partial charge is 0.310 e. The second kappa shape index (κ2) is 12.7. The molecule has 0 unspecified atom stereocenters. The maximum Gasteiger partial charge on any atom is 0.0540 e. The summed E-state index contributed by atoms with van der Waals surface area (Å²) in [7, 11) is 0. The number of hydrogen-bond acceptors (Lipinski definition) is 1. The van der Waals surface area contributed by atoms with Crippen LogP contribution in [0.1, 0.15) is 0 Å². The van der Waals surface area contributed by atoms with Crippen molar-refractivity contribution in [3.63, 3.8) is 0 Å². The highest BCUT2D eigenvalue weighted by Crippen LogP contribution is 2.43. The Morgan fingerprint density at radius 1 is 0.255 bits per heavy atom. The summed E-state index contributed by atoms with van der Waals surface area (Å²) in [5.74, 6) is 0. The van der Waals surface area contributed by atoms with Crippen LogP contribution in [0, 0.1) is 0 Å². The van der Waals surface area contributed by atoms with Gasteiger partial charge >= 0.3 is 0 Å². The van der Waals surface area contributed by atoms with Crippen LogP contribution in [-0.2, 0) is 0 Å². The smallest absolute Gasteiger partial charge is 0.0540 e. The quantitative estimate of drug-likeness (QED) is 0.176. The number of benzene rings is 8. The van der Waals surface area contributed by atoms with Crippen LogP contribution in [0.15, 0.2) is 200 Å². The first-order chi connectivity index (χ1) is 23.3. The topological polar surface area (TPSA) is 3.24 Å². The number of rotatable bonds is 7. The number of nitrogens with zero attached hydrogens (tertiary/aromatic N) is 1. The summed E-state index contributed by atoms with van der Waals surface area (Å²) in [6, 6.07) is 71.9. The van der Waals surface area contributed by atoms with Crippen molar-refractivity contribution in [1.82, 2.24) is 0 Å². The fourth-order valence-corrected chi connectivity index (χ4v) is 6.48. The van der Waals surface area contributed by atoms with Crippen molar-refractivity contribution in [2.24, 2.45) is 0 Å². The second-order valence-electron chi connectivity index (χ2n) is 11.8. The van der Waals surface area contributed by atoms with Crippen LogP contribution < -0.4 is 4.90 Å². The van der Waals surface area contributed by atoms with Gasteiger partial charge < -0.3 is 4.90 Å². The van der Waals surface area contributed by atoms with Gasteiger partial charge in [-0.05, 0) is 92.2 Å². The average Bonchev–Trinajstić information content (AvgIpc) is 3.16. The van der Waals surface area contributed by atoms with Gasteiger partial charge in [-0.3, -0.25) is 0 Å². The van der Waals surface area contributed by atoms with Crippen LogP contribution >= 0.6 is 0 Å². The summed E-state index contributed by atoms with van der Waals surface area (Å²) >= 11 is 0. The Bertz CT molecular complexity index is 2300. The van der Waals surface area contributed by atoms with Crippen LogP contribution in [0.5, 0.6) is 0 Å². The van der Waals surface area contributed by atoms with E-state index in [2.05, 4.69) is 205 Å². The van der Waals surface area contributed by atoms with E-state index in [1.807, 2.05) is 0 Å². The lowest BCUT2D eigenvalue weighted by Crippen LogP contribution is -2.11. The molecule has 0 aliphatic carbocycles. The van der Waals surface area contributed by atoms with Gasteiger partial charge in [-0.1, -0.05) is 158 Å². The second-order valence-corrected chi connectivity index (χ2v) is 11.8. The van der Waals surface area contributed by atoms with Gasteiger partial charge in [0.25, 0.3) is 0 Å². The molecular formula is C46H33N. The minimum absolute atomic E-state index is 1.10. The SMILES string of the molecule is c1ccc(-c2cccc(-c3cccc(N(c4cccc(-c5ccc6ccccc6c5)c4)c4ccccc4-c4ccccc4)c3)c2)cc1. The normalized spacial score (nSPS) is 11.0. The van der Waals surface area contributed by atoms with Gasteiger partial charge in [0.2, 0.25) is 0 Å². The van der Waals surface area contributed by atoms with Crippen molar-refractivity contribution >= 4 is 27.8 Å². The molecule has 0 aromatic heterocycles. The van der Waals surface area contributed by atoms with Crippen LogP contribution in [0.2, 0.25) is 0 Å². The molecule has 1 nitrogen and oxygen atoms in total. The van der Waals surface area contributed by atoms with Crippen LogP contribution in [0.25, 0.3) is 55.3 Å². The number of hydrogen-bond donors (Lipinski definition) is 0. The Morgan fingerprint density at radius 2 is 0.723 bits per heavy atom. The van der Waals surface area contributed by atoms with E-state index in [9.17, 15) is 0 Å². The predicted octanol–water partition coefficient (Wildman–Crippen LogP) is 13.0. The van der Waals surface area contributed by atoms with E-state index >= 15 is 0 Å². The molecule has 0 spiro atoms. The fraction of sp³-hybridized carbons (Fsp3) is 0.